The third kappa shape index (κ3) is 0.789. The molecule has 2 heterocycles. The van der Waals surface area contributed by atoms with E-state index in [0.717, 1.165) is 17.3 Å². The van der Waals surface area contributed by atoms with Gasteiger partial charge in [-0.25, -0.2) is 0 Å². The Hall–Kier alpha value is -0.120. The van der Waals surface area contributed by atoms with Crippen LogP contribution < -0.4 is 5.73 Å². The molecule has 0 aliphatic carbocycles. The molecule has 0 amide bonds. The summed E-state index contributed by atoms with van der Waals surface area (Å²) in [6, 6.07) is 0.863. The largest absolute Gasteiger partial charge is 0.370 e. The molecule has 0 radical (unpaired) electrons. The molecule has 0 saturated carbocycles. The molecular weight excluding hydrogens is 140 g/mol. The lowest BCUT2D eigenvalue weighted by Gasteiger charge is -2.32. The molecule has 3 nitrogen and oxygen atoms in total. The summed E-state index contributed by atoms with van der Waals surface area (Å²) in [5.41, 5.74) is 4.90. The van der Waals surface area contributed by atoms with Crippen molar-refractivity contribution in [2.24, 2.45) is 5.73 Å². The van der Waals surface area contributed by atoms with Crippen molar-refractivity contribution < 1.29 is 9.59 Å². The van der Waals surface area contributed by atoms with Crippen molar-refractivity contribution >= 4 is 0 Å². The SMILES string of the molecule is C[N+]1(C)C2CCC1C(N)(O)C2. The molecule has 0 aromatic rings. The molecule has 3 N–H and O–H groups in total. The standard InChI is InChI=1S/C8H17N2O/c1-10(2)6-3-4-7(10)8(9,11)5-6/h6-7,11H,3-5,9H2,1-2H3/q+1. The minimum absolute atomic E-state index is 0.271. The van der Waals surface area contributed by atoms with Crippen LogP contribution in [0.1, 0.15) is 19.3 Å². The van der Waals surface area contributed by atoms with Gasteiger partial charge in [0.1, 0.15) is 6.04 Å². The van der Waals surface area contributed by atoms with Gasteiger partial charge in [-0.3, -0.25) is 5.73 Å². The van der Waals surface area contributed by atoms with Gasteiger partial charge in [-0.1, -0.05) is 0 Å². The quantitative estimate of drug-likeness (QED) is 0.373. The number of nitrogens with two attached hydrogens (primary N) is 1. The van der Waals surface area contributed by atoms with Crippen molar-refractivity contribution in [2.75, 3.05) is 14.1 Å². The molecule has 0 spiro atoms. The van der Waals surface area contributed by atoms with Crippen LogP contribution >= 0.6 is 0 Å². The van der Waals surface area contributed by atoms with Crippen molar-refractivity contribution in [1.29, 1.82) is 0 Å². The molecule has 2 aliphatic heterocycles. The van der Waals surface area contributed by atoms with Crippen LogP contribution in [0.25, 0.3) is 0 Å². The second-order valence-corrected chi connectivity index (χ2v) is 4.57. The summed E-state index contributed by atoms with van der Waals surface area (Å²) in [7, 11) is 4.35. The minimum atomic E-state index is -0.883. The maximum Gasteiger partial charge on any atom is 0.171 e. The van der Waals surface area contributed by atoms with Gasteiger partial charge in [0, 0.05) is 19.3 Å². The maximum absolute atomic E-state index is 9.78. The molecule has 2 fully saturated rings. The Kier molecular flexibility index (Phi) is 1.22. The van der Waals surface area contributed by atoms with Crippen LogP contribution in [-0.2, 0) is 0 Å². The van der Waals surface area contributed by atoms with Crippen LogP contribution in [0.4, 0.5) is 0 Å². The molecule has 2 saturated heterocycles. The zero-order valence-electron chi connectivity index (χ0n) is 7.25. The van der Waals surface area contributed by atoms with Gasteiger partial charge in [-0.15, -0.1) is 0 Å². The first-order chi connectivity index (χ1) is 4.94. The van der Waals surface area contributed by atoms with Gasteiger partial charge in [-0.2, -0.15) is 0 Å². The Morgan fingerprint density at radius 1 is 1.45 bits per heavy atom. The van der Waals surface area contributed by atoms with E-state index < -0.39 is 5.72 Å². The van der Waals surface area contributed by atoms with E-state index >= 15 is 0 Å². The number of rotatable bonds is 0. The molecule has 0 aromatic heterocycles. The van der Waals surface area contributed by atoms with Gasteiger partial charge in [0.2, 0.25) is 0 Å². The Balaban J connectivity index is 2.33. The number of nitrogens with zero attached hydrogens (tertiary/aromatic N) is 1. The first kappa shape index (κ1) is 7.53. The molecule has 0 aromatic carbocycles. The van der Waals surface area contributed by atoms with Crippen molar-refractivity contribution in [3.05, 3.63) is 0 Å². The Bertz CT molecular complexity index is 189. The molecule has 3 unspecified atom stereocenters. The average Bonchev–Trinajstić information content (AvgIpc) is 2.15. The molecule has 2 bridgehead atoms. The summed E-state index contributed by atoms with van der Waals surface area (Å²) in [4.78, 5) is 0. The van der Waals surface area contributed by atoms with Crippen molar-refractivity contribution in [1.82, 2.24) is 0 Å². The Labute approximate surface area is 67.4 Å². The average molecular weight is 157 g/mol. The van der Waals surface area contributed by atoms with E-state index in [2.05, 4.69) is 14.1 Å². The van der Waals surface area contributed by atoms with E-state index in [0.29, 0.717) is 6.04 Å². The van der Waals surface area contributed by atoms with Crippen molar-refractivity contribution in [3.8, 4) is 0 Å². The molecule has 11 heavy (non-hydrogen) atoms. The van der Waals surface area contributed by atoms with E-state index in [4.69, 9.17) is 5.73 Å². The van der Waals surface area contributed by atoms with Crippen LogP contribution in [0, 0.1) is 0 Å². The highest BCUT2D eigenvalue weighted by molar-refractivity contribution is 4.97. The Morgan fingerprint density at radius 2 is 2.09 bits per heavy atom. The second-order valence-electron chi connectivity index (χ2n) is 4.57. The third-order valence-corrected chi connectivity index (χ3v) is 3.66. The van der Waals surface area contributed by atoms with Gasteiger partial charge in [0.25, 0.3) is 0 Å². The molecule has 3 heteroatoms. The lowest BCUT2D eigenvalue weighted by molar-refractivity contribution is -0.915. The van der Waals surface area contributed by atoms with Crippen LogP contribution in [0.15, 0.2) is 0 Å². The summed E-state index contributed by atoms with van der Waals surface area (Å²) in [6.45, 7) is 0. The normalized spacial score (nSPS) is 53.5. The lowest BCUT2D eigenvalue weighted by atomic mass is 9.93. The fourth-order valence-electron chi connectivity index (χ4n) is 2.95. The number of likely N-dealkylation sites (N-methyl/N-ethyl adjacent to an activating group) is 1. The van der Waals surface area contributed by atoms with Crippen LogP contribution in [-0.4, -0.2) is 41.5 Å². The van der Waals surface area contributed by atoms with E-state index in [-0.39, 0.29) is 6.04 Å². The first-order valence-electron chi connectivity index (χ1n) is 4.29. The van der Waals surface area contributed by atoms with Crippen LogP contribution in [0.3, 0.4) is 0 Å². The topological polar surface area (TPSA) is 46.2 Å². The van der Waals surface area contributed by atoms with Crippen LogP contribution in [0.5, 0.6) is 0 Å². The number of hydrogen-bond acceptors (Lipinski definition) is 2. The van der Waals surface area contributed by atoms with E-state index in [1.165, 1.54) is 6.42 Å². The zero-order chi connectivity index (χ0) is 8.28. The number of quaternary nitrogens is 1. The van der Waals surface area contributed by atoms with Crippen molar-refractivity contribution in [2.45, 2.75) is 37.1 Å². The maximum atomic E-state index is 9.78. The highest BCUT2D eigenvalue weighted by Gasteiger charge is 2.61. The second kappa shape index (κ2) is 1.79. The highest BCUT2D eigenvalue weighted by Crippen LogP contribution is 2.44. The summed E-state index contributed by atoms with van der Waals surface area (Å²) >= 11 is 0. The summed E-state index contributed by atoms with van der Waals surface area (Å²) in [5.74, 6) is 0. The van der Waals surface area contributed by atoms with Gasteiger partial charge in [0.05, 0.1) is 20.1 Å². The lowest BCUT2D eigenvalue weighted by Crippen LogP contribution is -2.55. The zero-order valence-corrected chi connectivity index (χ0v) is 7.25. The van der Waals surface area contributed by atoms with Crippen molar-refractivity contribution in [3.63, 3.8) is 0 Å². The smallest absolute Gasteiger partial charge is 0.171 e. The first-order valence-corrected chi connectivity index (χ1v) is 4.29. The predicted octanol–water partition coefficient (Wildman–Crippen LogP) is -0.355. The van der Waals surface area contributed by atoms with Gasteiger partial charge >= 0.3 is 0 Å². The molecular formula is C8H17N2O+. The summed E-state index contributed by atoms with van der Waals surface area (Å²) in [6.07, 6.45) is 3.10. The van der Waals surface area contributed by atoms with Gasteiger partial charge in [-0.05, 0) is 0 Å². The fourth-order valence-corrected chi connectivity index (χ4v) is 2.95. The molecule has 64 valence electrons. The molecule has 2 aliphatic rings. The highest BCUT2D eigenvalue weighted by atomic mass is 16.3. The van der Waals surface area contributed by atoms with E-state index in [9.17, 15) is 5.11 Å². The predicted molar refractivity (Wildman–Crippen MR) is 42.7 cm³/mol. The molecule has 3 atom stereocenters. The number of aliphatic hydroxyl groups is 1. The van der Waals surface area contributed by atoms with E-state index in [1.54, 1.807) is 0 Å². The van der Waals surface area contributed by atoms with Gasteiger partial charge in [0.15, 0.2) is 5.72 Å². The third-order valence-electron chi connectivity index (χ3n) is 3.66. The monoisotopic (exact) mass is 157 g/mol. The van der Waals surface area contributed by atoms with E-state index in [1.807, 2.05) is 0 Å². The van der Waals surface area contributed by atoms with Crippen LogP contribution in [0.2, 0.25) is 0 Å². The van der Waals surface area contributed by atoms with Gasteiger partial charge < -0.3 is 9.59 Å². The molecule has 2 rings (SSSR count). The fraction of sp³-hybridized carbons (Fsp3) is 1.00. The Morgan fingerprint density at radius 3 is 2.27 bits per heavy atom. The summed E-state index contributed by atoms with van der Waals surface area (Å²) in [5, 5.41) is 9.78. The number of fused-ring (bicyclic) bond motifs is 2. The number of hydrogen-bond donors (Lipinski definition) is 2. The summed E-state index contributed by atoms with van der Waals surface area (Å²) < 4.78 is 0.924. The minimum Gasteiger partial charge on any atom is -0.370 e.